The minimum absolute atomic E-state index is 0.266. The summed E-state index contributed by atoms with van der Waals surface area (Å²) in [5.74, 6) is -2.01. The van der Waals surface area contributed by atoms with E-state index in [1.807, 2.05) is 0 Å². The largest absolute Gasteiger partial charge is 0.469 e. The fraction of sp³-hybridized carbons (Fsp3) is 0.417. The molecule has 16 heavy (non-hydrogen) atoms. The van der Waals surface area contributed by atoms with Crippen LogP contribution in [-0.2, 0) is 16.0 Å². The van der Waals surface area contributed by atoms with Crippen molar-refractivity contribution in [2.75, 3.05) is 7.11 Å². The van der Waals surface area contributed by atoms with Crippen LogP contribution in [0.3, 0.4) is 0 Å². The third-order valence-electron chi connectivity index (χ3n) is 3.00. The van der Waals surface area contributed by atoms with Crippen LogP contribution in [0.4, 0.5) is 8.78 Å². The molecule has 1 aromatic carbocycles. The molecule has 86 valence electrons. The second kappa shape index (κ2) is 3.85. The van der Waals surface area contributed by atoms with E-state index in [9.17, 15) is 13.6 Å². The van der Waals surface area contributed by atoms with Gasteiger partial charge in [0.1, 0.15) is 0 Å². The lowest BCUT2D eigenvalue weighted by atomic mass is 9.96. The fourth-order valence-electron chi connectivity index (χ4n) is 1.86. The number of esters is 1. The number of halogens is 2. The summed E-state index contributed by atoms with van der Waals surface area (Å²) in [6, 6.07) is 3.72. The average molecular weight is 226 g/mol. The van der Waals surface area contributed by atoms with E-state index >= 15 is 0 Å². The molecule has 0 heterocycles. The Bertz CT molecular complexity index is 425. The molecule has 0 N–H and O–H groups in total. The quantitative estimate of drug-likeness (QED) is 0.740. The van der Waals surface area contributed by atoms with Crippen molar-refractivity contribution >= 4 is 5.97 Å². The van der Waals surface area contributed by atoms with Gasteiger partial charge in [0.2, 0.25) is 0 Å². The molecule has 1 aliphatic carbocycles. The number of carbonyl (C=O) groups excluding carboxylic acids is 1. The zero-order valence-corrected chi connectivity index (χ0v) is 8.93. The number of hydrogen-bond acceptors (Lipinski definition) is 2. The van der Waals surface area contributed by atoms with E-state index in [1.165, 1.54) is 13.2 Å². The normalized spacial score (nSPS) is 16.9. The van der Waals surface area contributed by atoms with E-state index in [0.29, 0.717) is 12.0 Å². The average Bonchev–Trinajstić information content (AvgIpc) is 3.03. The molecule has 2 nitrogen and oxygen atoms in total. The van der Waals surface area contributed by atoms with E-state index in [1.54, 1.807) is 0 Å². The minimum Gasteiger partial charge on any atom is -0.469 e. The molecule has 0 unspecified atom stereocenters. The van der Waals surface area contributed by atoms with Crippen LogP contribution in [0.15, 0.2) is 18.2 Å². The first-order valence-electron chi connectivity index (χ1n) is 5.10. The van der Waals surface area contributed by atoms with Crippen molar-refractivity contribution in [3.63, 3.8) is 0 Å². The summed E-state index contributed by atoms with van der Waals surface area (Å²) >= 11 is 0. The van der Waals surface area contributed by atoms with Crippen molar-refractivity contribution in [2.45, 2.75) is 19.3 Å². The maximum absolute atomic E-state index is 13.0. The molecule has 1 aliphatic rings. The SMILES string of the molecule is COC(=O)C1(Cc2ccc(F)c(F)c2)CC1. The third-order valence-corrected chi connectivity index (χ3v) is 3.00. The van der Waals surface area contributed by atoms with Crippen molar-refractivity contribution < 1.29 is 18.3 Å². The van der Waals surface area contributed by atoms with Crippen molar-refractivity contribution in [3.8, 4) is 0 Å². The van der Waals surface area contributed by atoms with Crippen molar-refractivity contribution in [3.05, 3.63) is 35.4 Å². The lowest BCUT2D eigenvalue weighted by Crippen LogP contribution is -2.20. The summed E-state index contributed by atoms with van der Waals surface area (Å²) in [6.07, 6.45) is 1.91. The summed E-state index contributed by atoms with van der Waals surface area (Å²) in [5.41, 5.74) is 0.126. The minimum atomic E-state index is -0.877. The zero-order chi connectivity index (χ0) is 11.8. The fourth-order valence-corrected chi connectivity index (χ4v) is 1.86. The van der Waals surface area contributed by atoms with Gasteiger partial charge in [-0.25, -0.2) is 8.78 Å². The highest BCUT2D eigenvalue weighted by Crippen LogP contribution is 2.49. The van der Waals surface area contributed by atoms with Crippen LogP contribution >= 0.6 is 0 Å². The number of methoxy groups -OCH3 is 1. The van der Waals surface area contributed by atoms with Crippen LogP contribution in [0.2, 0.25) is 0 Å². The maximum atomic E-state index is 13.0. The van der Waals surface area contributed by atoms with Crippen molar-refractivity contribution in [2.24, 2.45) is 5.41 Å². The molecular weight excluding hydrogens is 214 g/mol. The standard InChI is InChI=1S/C12H12F2O2/c1-16-11(15)12(4-5-12)7-8-2-3-9(13)10(14)6-8/h2-3,6H,4-5,7H2,1H3. The molecule has 2 rings (SSSR count). The molecule has 0 saturated heterocycles. The van der Waals surface area contributed by atoms with Crippen LogP contribution < -0.4 is 0 Å². The van der Waals surface area contributed by atoms with Crippen LogP contribution in [0.25, 0.3) is 0 Å². The van der Waals surface area contributed by atoms with Crippen molar-refractivity contribution in [1.82, 2.24) is 0 Å². The Kier molecular flexibility index (Phi) is 2.66. The predicted molar refractivity (Wildman–Crippen MR) is 53.7 cm³/mol. The Balaban J connectivity index is 2.15. The maximum Gasteiger partial charge on any atom is 0.312 e. The summed E-state index contributed by atoms with van der Waals surface area (Å²) in [7, 11) is 1.34. The summed E-state index contributed by atoms with van der Waals surface area (Å²) < 4.78 is 30.4. The van der Waals surface area contributed by atoms with Gasteiger partial charge in [0.05, 0.1) is 12.5 Å². The molecule has 0 amide bonds. The number of carbonyl (C=O) groups is 1. The van der Waals surface area contributed by atoms with Gasteiger partial charge in [-0.05, 0) is 37.0 Å². The van der Waals surface area contributed by atoms with E-state index in [-0.39, 0.29) is 5.97 Å². The van der Waals surface area contributed by atoms with Gasteiger partial charge < -0.3 is 4.74 Å². The Morgan fingerprint density at radius 1 is 1.38 bits per heavy atom. The third kappa shape index (κ3) is 1.92. The van der Waals surface area contributed by atoms with Crippen LogP contribution in [-0.4, -0.2) is 13.1 Å². The summed E-state index contributed by atoms with van der Waals surface area (Å²) in [6.45, 7) is 0. The van der Waals surface area contributed by atoms with Crippen LogP contribution in [0, 0.1) is 17.0 Å². The first kappa shape index (κ1) is 11.0. The van der Waals surface area contributed by atoms with Gasteiger partial charge in [-0.1, -0.05) is 6.07 Å². The number of ether oxygens (including phenoxy) is 1. The first-order chi connectivity index (χ1) is 7.57. The molecule has 1 saturated carbocycles. The molecule has 4 heteroatoms. The molecule has 0 aliphatic heterocycles. The summed E-state index contributed by atoms with van der Waals surface area (Å²) in [4.78, 5) is 11.5. The lowest BCUT2D eigenvalue weighted by molar-refractivity contribution is -0.147. The van der Waals surface area contributed by atoms with Crippen LogP contribution in [0.5, 0.6) is 0 Å². The second-order valence-electron chi connectivity index (χ2n) is 4.20. The lowest BCUT2D eigenvalue weighted by Gasteiger charge is -2.12. The van der Waals surface area contributed by atoms with E-state index in [4.69, 9.17) is 4.74 Å². The first-order valence-corrected chi connectivity index (χ1v) is 5.10. The molecule has 0 spiro atoms. The molecule has 1 aromatic rings. The summed E-state index contributed by atoms with van der Waals surface area (Å²) in [5, 5.41) is 0. The molecule has 0 aromatic heterocycles. The number of rotatable bonds is 3. The van der Waals surface area contributed by atoms with Gasteiger partial charge in [-0.2, -0.15) is 0 Å². The number of benzene rings is 1. The smallest absolute Gasteiger partial charge is 0.312 e. The Labute approximate surface area is 92.2 Å². The van der Waals surface area contributed by atoms with Gasteiger partial charge in [0.15, 0.2) is 11.6 Å². The van der Waals surface area contributed by atoms with Gasteiger partial charge in [-0.15, -0.1) is 0 Å². The van der Waals surface area contributed by atoms with E-state index in [0.717, 1.165) is 25.0 Å². The monoisotopic (exact) mass is 226 g/mol. The van der Waals surface area contributed by atoms with Crippen molar-refractivity contribution in [1.29, 1.82) is 0 Å². The zero-order valence-electron chi connectivity index (χ0n) is 8.93. The topological polar surface area (TPSA) is 26.3 Å². The highest BCUT2D eigenvalue weighted by Gasteiger charge is 2.50. The molecule has 0 bridgehead atoms. The van der Waals surface area contributed by atoms with E-state index in [2.05, 4.69) is 0 Å². The van der Waals surface area contributed by atoms with Crippen LogP contribution in [0.1, 0.15) is 18.4 Å². The molecule has 0 radical (unpaired) electrons. The van der Waals surface area contributed by atoms with Gasteiger partial charge in [0.25, 0.3) is 0 Å². The highest BCUT2D eigenvalue weighted by molar-refractivity contribution is 5.80. The molecule has 1 fully saturated rings. The molecule has 0 atom stereocenters. The molecular formula is C12H12F2O2. The number of hydrogen-bond donors (Lipinski definition) is 0. The van der Waals surface area contributed by atoms with E-state index < -0.39 is 17.0 Å². The second-order valence-corrected chi connectivity index (χ2v) is 4.20. The predicted octanol–water partition coefficient (Wildman–Crippen LogP) is 2.46. The van der Waals surface area contributed by atoms with Gasteiger partial charge >= 0.3 is 5.97 Å². The van der Waals surface area contributed by atoms with Gasteiger partial charge in [0, 0.05) is 0 Å². The Morgan fingerprint density at radius 3 is 2.56 bits per heavy atom. The Hall–Kier alpha value is -1.45. The Morgan fingerprint density at radius 2 is 2.06 bits per heavy atom. The van der Waals surface area contributed by atoms with Gasteiger partial charge in [-0.3, -0.25) is 4.79 Å². The highest BCUT2D eigenvalue weighted by atomic mass is 19.2.